The van der Waals surface area contributed by atoms with Crippen molar-refractivity contribution < 1.29 is 22.6 Å². The molecule has 3 N–H and O–H groups in total. The zero-order valence-electron chi connectivity index (χ0n) is 14.2. The zero-order valence-corrected chi connectivity index (χ0v) is 14.2. The number of alkyl halides is 3. The molecule has 0 unspecified atom stereocenters. The lowest BCUT2D eigenvalue weighted by Gasteiger charge is -2.09. The summed E-state index contributed by atoms with van der Waals surface area (Å²) in [6.07, 6.45) is -4.70. The van der Waals surface area contributed by atoms with Crippen molar-refractivity contribution in [3.05, 3.63) is 65.2 Å². The van der Waals surface area contributed by atoms with Crippen LogP contribution >= 0.6 is 0 Å². The lowest BCUT2D eigenvalue weighted by molar-refractivity contribution is -0.274. The number of nitrogens with zero attached hydrogens (tertiary/aromatic N) is 1. The Morgan fingerprint density at radius 3 is 2.15 bits per heavy atom. The van der Waals surface area contributed by atoms with Crippen LogP contribution in [0.15, 0.2) is 53.5 Å². The molecule has 0 saturated carbocycles. The van der Waals surface area contributed by atoms with E-state index in [-0.39, 0.29) is 18.3 Å². The summed E-state index contributed by atoms with van der Waals surface area (Å²) in [5.41, 5.74) is 8.64. The van der Waals surface area contributed by atoms with Crippen LogP contribution in [0.1, 0.15) is 16.7 Å². The molecule has 0 aliphatic carbocycles. The quantitative estimate of drug-likeness (QED) is 0.582. The molecule has 0 aromatic heterocycles. The van der Waals surface area contributed by atoms with Crippen molar-refractivity contribution in [2.45, 2.75) is 26.1 Å². The molecule has 0 saturated heterocycles. The Kier molecular flexibility index (Phi) is 6.85. The number of aliphatic imine (C=N–C) groups is 1. The van der Waals surface area contributed by atoms with E-state index in [4.69, 9.17) is 10.5 Å². The molecule has 0 amide bonds. The van der Waals surface area contributed by atoms with Gasteiger partial charge in [-0.2, -0.15) is 0 Å². The summed E-state index contributed by atoms with van der Waals surface area (Å²) >= 11 is 0. The number of methoxy groups -OCH3 is 1. The summed E-state index contributed by atoms with van der Waals surface area (Å²) in [6, 6.07) is 13.4. The SMILES string of the molecule is COCc1ccc(CNC(N)=NCc2ccc(OC(F)(F)F)cc2)cc1. The van der Waals surface area contributed by atoms with Crippen molar-refractivity contribution in [1.29, 1.82) is 0 Å². The first-order valence-corrected chi connectivity index (χ1v) is 7.81. The average Bonchev–Trinajstić information content (AvgIpc) is 2.59. The third kappa shape index (κ3) is 7.02. The van der Waals surface area contributed by atoms with E-state index in [1.54, 1.807) is 7.11 Å². The number of ether oxygens (including phenoxy) is 2. The predicted octanol–water partition coefficient (Wildman–Crippen LogP) is 3.34. The van der Waals surface area contributed by atoms with Crippen molar-refractivity contribution in [1.82, 2.24) is 5.32 Å². The van der Waals surface area contributed by atoms with Crippen LogP contribution in [0.3, 0.4) is 0 Å². The van der Waals surface area contributed by atoms with Crippen LogP contribution in [0.25, 0.3) is 0 Å². The molecule has 2 rings (SSSR count). The van der Waals surface area contributed by atoms with Gasteiger partial charge in [-0.15, -0.1) is 13.2 Å². The summed E-state index contributed by atoms with van der Waals surface area (Å²) in [5.74, 6) is -0.0187. The molecule has 0 aliphatic rings. The molecule has 8 heteroatoms. The molecule has 0 atom stereocenters. The van der Waals surface area contributed by atoms with Crippen molar-refractivity contribution >= 4 is 5.96 Å². The molecule has 0 aliphatic heterocycles. The van der Waals surface area contributed by atoms with E-state index in [9.17, 15) is 13.2 Å². The maximum atomic E-state index is 12.1. The maximum Gasteiger partial charge on any atom is 0.573 e. The second kappa shape index (κ2) is 9.10. The summed E-state index contributed by atoms with van der Waals surface area (Å²) in [5, 5.41) is 2.99. The van der Waals surface area contributed by atoms with Crippen LogP contribution < -0.4 is 15.8 Å². The molecule has 140 valence electrons. The van der Waals surface area contributed by atoms with Gasteiger partial charge in [0, 0.05) is 13.7 Å². The van der Waals surface area contributed by atoms with Gasteiger partial charge in [0.05, 0.1) is 13.2 Å². The molecule has 0 spiro atoms. The molecule has 26 heavy (non-hydrogen) atoms. The summed E-state index contributed by atoms with van der Waals surface area (Å²) in [6.45, 7) is 1.32. The van der Waals surface area contributed by atoms with E-state index in [1.165, 1.54) is 24.3 Å². The Balaban J connectivity index is 1.82. The lowest BCUT2D eigenvalue weighted by atomic mass is 10.1. The number of guanidine groups is 1. The molecule has 0 heterocycles. The standard InChI is InChI=1S/C18H20F3N3O2/c1-25-12-15-4-2-13(3-5-15)10-23-17(22)24-11-14-6-8-16(9-7-14)26-18(19,20)21/h2-9H,10-12H2,1H3,(H3,22,23,24). The summed E-state index contributed by atoms with van der Waals surface area (Å²) in [7, 11) is 1.64. The minimum atomic E-state index is -4.70. The third-order valence-corrected chi connectivity index (χ3v) is 3.40. The topological polar surface area (TPSA) is 68.9 Å². The highest BCUT2D eigenvalue weighted by molar-refractivity contribution is 5.77. The van der Waals surface area contributed by atoms with E-state index < -0.39 is 6.36 Å². The van der Waals surface area contributed by atoms with Crippen molar-refractivity contribution in [3.8, 4) is 5.75 Å². The fourth-order valence-corrected chi connectivity index (χ4v) is 2.14. The smallest absolute Gasteiger partial charge is 0.406 e. The van der Waals surface area contributed by atoms with E-state index in [0.29, 0.717) is 18.7 Å². The lowest BCUT2D eigenvalue weighted by Crippen LogP contribution is -2.31. The molecule has 0 fully saturated rings. The maximum absolute atomic E-state index is 12.1. The minimum Gasteiger partial charge on any atom is -0.406 e. The minimum absolute atomic E-state index is 0.248. The Bertz CT molecular complexity index is 714. The Morgan fingerprint density at radius 1 is 1.00 bits per heavy atom. The zero-order chi connectivity index (χ0) is 19.0. The summed E-state index contributed by atoms with van der Waals surface area (Å²) in [4.78, 5) is 4.16. The number of hydrogen-bond acceptors (Lipinski definition) is 3. The molecule has 2 aromatic rings. The fourth-order valence-electron chi connectivity index (χ4n) is 2.14. The van der Waals surface area contributed by atoms with Crippen molar-refractivity contribution in [3.63, 3.8) is 0 Å². The van der Waals surface area contributed by atoms with Crippen molar-refractivity contribution in [2.24, 2.45) is 10.7 Å². The van der Waals surface area contributed by atoms with Gasteiger partial charge in [-0.3, -0.25) is 0 Å². The number of halogens is 3. The van der Waals surface area contributed by atoms with Crippen molar-refractivity contribution in [2.75, 3.05) is 7.11 Å². The second-order valence-corrected chi connectivity index (χ2v) is 5.50. The van der Waals surface area contributed by atoms with Gasteiger partial charge in [0.2, 0.25) is 0 Å². The molecule has 0 bridgehead atoms. The number of nitrogens with one attached hydrogen (secondary N) is 1. The number of rotatable bonds is 7. The number of nitrogens with two attached hydrogens (primary N) is 1. The normalized spacial score (nSPS) is 12.1. The van der Waals surface area contributed by atoms with E-state index in [0.717, 1.165) is 11.1 Å². The molecule has 0 radical (unpaired) electrons. The highest BCUT2D eigenvalue weighted by Gasteiger charge is 2.30. The highest BCUT2D eigenvalue weighted by Crippen LogP contribution is 2.22. The first kappa shape index (κ1) is 19.6. The highest BCUT2D eigenvalue weighted by atomic mass is 19.4. The van der Waals surface area contributed by atoms with Gasteiger partial charge in [0.15, 0.2) is 5.96 Å². The Hall–Kier alpha value is -2.74. The fraction of sp³-hybridized carbons (Fsp3) is 0.278. The predicted molar refractivity (Wildman–Crippen MR) is 92.4 cm³/mol. The monoisotopic (exact) mass is 367 g/mol. The van der Waals surface area contributed by atoms with Gasteiger partial charge in [-0.25, -0.2) is 4.99 Å². The first-order valence-electron chi connectivity index (χ1n) is 7.81. The third-order valence-electron chi connectivity index (χ3n) is 3.40. The average molecular weight is 367 g/mol. The Morgan fingerprint density at radius 2 is 1.58 bits per heavy atom. The largest absolute Gasteiger partial charge is 0.573 e. The van der Waals surface area contributed by atoms with Gasteiger partial charge < -0.3 is 20.5 Å². The molecule has 2 aromatic carbocycles. The summed E-state index contributed by atoms with van der Waals surface area (Å²) < 4.78 is 45.2. The molecular weight excluding hydrogens is 347 g/mol. The molecule has 5 nitrogen and oxygen atoms in total. The van der Waals surface area contributed by atoms with Crippen LogP contribution in [-0.4, -0.2) is 19.4 Å². The first-order chi connectivity index (χ1) is 12.4. The van der Waals surface area contributed by atoms with Gasteiger partial charge in [0.25, 0.3) is 0 Å². The van der Waals surface area contributed by atoms with Gasteiger partial charge in [-0.05, 0) is 28.8 Å². The van der Waals surface area contributed by atoms with E-state index in [1.807, 2.05) is 24.3 Å². The Labute approximate surface area is 149 Å². The van der Waals surface area contributed by atoms with Gasteiger partial charge in [0.1, 0.15) is 5.75 Å². The van der Waals surface area contributed by atoms with Crippen LogP contribution in [0.5, 0.6) is 5.75 Å². The number of benzene rings is 2. The number of hydrogen-bond donors (Lipinski definition) is 2. The van der Waals surface area contributed by atoms with Gasteiger partial charge in [-0.1, -0.05) is 36.4 Å². The molecular formula is C18H20F3N3O2. The van der Waals surface area contributed by atoms with Crippen LogP contribution in [-0.2, 0) is 24.4 Å². The van der Waals surface area contributed by atoms with E-state index >= 15 is 0 Å². The van der Waals surface area contributed by atoms with E-state index in [2.05, 4.69) is 15.0 Å². The van der Waals surface area contributed by atoms with Crippen LogP contribution in [0.2, 0.25) is 0 Å². The van der Waals surface area contributed by atoms with Crippen LogP contribution in [0, 0.1) is 0 Å². The second-order valence-electron chi connectivity index (χ2n) is 5.50. The van der Waals surface area contributed by atoms with Crippen LogP contribution in [0.4, 0.5) is 13.2 Å². The van der Waals surface area contributed by atoms with Gasteiger partial charge >= 0.3 is 6.36 Å².